The number of nitrogens with one attached hydrogen (secondary N) is 1. The Hall–Kier alpha value is -1.65. The van der Waals surface area contributed by atoms with Crippen molar-refractivity contribution in [2.75, 3.05) is 5.32 Å². The summed E-state index contributed by atoms with van der Waals surface area (Å²) < 4.78 is 12.8. The fourth-order valence-corrected chi connectivity index (χ4v) is 2.01. The van der Waals surface area contributed by atoms with Crippen molar-refractivity contribution in [1.29, 1.82) is 0 Å². The van der Waals surface area contributed by atoms with Gasteiger partial charge in [-0.15, -0.1) is 0 Å². The predicted octanol–water partition coefficient (Wildman–Crippen LogP) is 3.86. The second-order valence-electron chi connectivity index (χ2n) is 3.69. The van der Waals surface area contributed by atoms with Crippen LogP contribution < -0.4 is 11.1 Å². The molecule has 2 rings (SSSR count). The lowest BCUT2D eigenvalue weighted by Crippen LogP contribution is -2.09. The monoisotopic (exact) mass is 280 g/mol. The molecular formula is C13H10ClFN2S. The van der Waals surface area contributed by atoms with Crippen LogP contribution in [0.15, 0.2) is 42.5 Å². The van der Waals surface area contributed by atoms with Gasteiger partial charge in [-0.05, 0) is 42.5 Å². The summed E-state index contributed by atoms with van der Waals surface area (Å²) in [6.45, 7) is 0. The molecule has 0 aliphatic heterocycles. The molecule has 0 saturated carbocycles. The highest BCUT2D eigenvalue weighted by atomic mass is 35.5. The minimum atomic E-state index is -0.276. The van der Waals surface area contributed by atoms with E-state index in [2.05, 4.69) is 5.32 Å². The molecule has 3 N–H and O–H groups in total. The van der Waals surface area contributed by atoms with Crippen molar-refractivity contribution in [3.05, 3.63) is 58.9 Å². The van der Waals surface area contributed by atoms with Crippen molar-refractivity contribution >= 4 is 40.2 Å². The van der Waals surface area contributed by atoms with Gasteiger partial charge in [0.15, 0.2) is 0 Å². The summed E-state index contributed by atoms with van der Waals surface area (Å²) in [5.41, 5.74) is 7.71. The summed E-state index contributed by atoms with van der Waals surface area (Å²) in [4.78, 5) is 0.258. The van der Waals surface area contributed by atoms with Crippen LogP contribution in [0.2, 0.25) is 5.02 Å². The number of thiocarbonyl (C=S) groups is 1. The number of hydrogen-bond acceptors (Lipinski definition) is 2. The van der Waals surface area contributed by atoms with E-state index < -0.39 is 0 Å². The summed E-state index contributed by atoms with van der Waals surface area (Å²) >= 11 is 10.9. The highest BCUT2D eigenvalue weighted by molar-refractivity contribution is 7.80. The molecule has 0 heterocycles. The van der Waals surface area contributed by atoms with E-state index in [1.807, 2.05) is 6.07 Å². The molecule has 5 heteroatoms. The van der Waals surface area contributed by atoms with E-state index in [-0.39, 0.29) is 10.8 Å². The molecule has 2 aromatic rings. The van der Waals surface area contributed by atoms with Crippen LogP contribution in [0.3, 0.4) is 0 Å². The van der Waals surface area contributed by atoms with E-state index in [1.54, 1.807) is 24.3 Å². The molecule has 2 nitrogen and oxygen atoms in total. The lowest BCUT2D eigenvalue weighted by Gasteiger charge is -2.08. The lowest BCUT2D eigenvalue weighted by molar-refractivity contribution is 0.628. The quantitative estimate of drug-likeness (QED) is 0.839. The van der Waals surface area contributed by atoms with Gasteiger partial charge in [0.1, 0.15) is 10.8 Å². The van der Waals surface area contributed by atoms with Crippen molar-refractivity contribution in [2.45, 2.75) is 0 Å². The van der Waals surface area contributed by atoms with Crippen molar-refractivity contribution < 1.29 is 4.39 Å². The molecule has 0 unspecified atom stereocenters. The van der Waals surface area contributed by atoms with E-state index in [0.717, 1.165) is 11.4 Å². The Morgan fingerprint density at radius 2 is 1.72 bits per heavy atom. The summed E-state index contributed by atoms with van der Waals surface area (Å²) in [5, 5.41) is 3.58. The summed E-state index contributed by atoms with van der Waals surface area (Å²) in [5.74, 6) is -0.276. The highest BCUT2D eigenvalue weighted by Gasteiger charge is 2.04. The van der Waals surface area contributed by atoms with Gasteiger partial charge in [0.2, 0.25) is 0 Å². The Labute approximate surface area is 115 Å². The molecule has 18 heavy (non-hydrogen) atoms. The fraction of sp³-hybridized carbons (Fsp3) is 0. The Morgan fingerprint density at radius 1 is 1.11 bits per heavy atom. The topological polar surface area (TPSA) is 38.0 Å². The first kappa shape index (κ1) is 12.8. The van der Waals surface area contributed by atoms with Gasteiger partial charge in [-0.25, -0.2) is 4.39 Å². The van der Waals surface area contributed by atoms with Gasteiger partial charge >= 0.3 is 0 Å². The third kappa shape index (κ3) is 2.97. The largest absolute Gasteiger partial charge is 0.389 e. The molecule has 0 atom stereocenters. The first-order chi connectivity index (χ1) is 8.56. The summed E-state index contributed by atoms with van der Waals surface area (Å²) in [6.07, 6.45) is 0. The SMILES string of the molecule is NC(=S)c1ccc(Nc2ccc(F)cc2)cc1Cl. The third-order valence-corrected chi connectivity index (χ3v) is 2.90. The predicted molar refractivity (Wildman–Crippen MR) is 77.0 cm³/mol. The molecule has 0 spiro atoms. The minimum Gasteiger partial charge on any atom is -0.389 e. The number of benzene rings is 2. The standard InChI is InChI=1S/C13H10ClFN2S/c14-12-7-10(5-6-11(12)13(16)18)17-9-3-1-8(15)2-4-9/h1-7,17H,(H2,16,18). The van der Waals surface area contributed by atoms with Crippen molar-refractivity contribution in [3.8, 4) is 0 Å². The van der Waals surface area contributed by atoms with Crippen molar-refractivity contribution in [3.63, 3.8) is 0 Å². The van der Waals surface area contributed by atoms with Gasteiger partial charge in [-0.1, -0.05) is 23.8 Å². The van der Waals surface area contributed by atoms with Crippen LogP contribution in [0.1, 0.15) is 5.56 Å². The average Bonchev–Trinajstić information content (AvgIpc) is 2.32. The zero-order valence-electron chi connectivity index (χ0n) is 9.28. The van der Waals surface area contributed by atoms with Crippen LogP contribution in [-0.2, 0) is 0 Å². The number of anilines is 2. The van der Waals surface area contributed by atoms with E-state index in [0.29, 0.717) is 10.6 Å². The number of nitrogens with two attached hydrogens (primary N) is 1. The second kappa shape index (κ2) is 5.33. The van der Waals surface area contributed by atoms with Crippen molar-refractivity contribution in [1.82, 2.24) is 0 Å². The molecule has 92 valence electrons. The highest BCUT2D eigenvalue weighted by Crippen LogP contribution is 2.23. The van der Waals surface area contributed by atoms with Gasteiger partial charge < -0.3 is 11.1 Å². The van der Waals surface area contributed by atoms with Crippen LogP contribution in [0.25, 0.3) is 0 Å². The molecule has 0 saturated heterocycles. The molecule has 0 fully saturated rings. The van der Waals surface area contributed by atoms with Gasteiger partial charge in [-0.2, -0.15) is 0 Å². The van der Waals surface area contributed by atoms with Crippen LogP contribution >= 0.6 is 23.8 Å². The molecule has 0 aliphatic carbocycles. The first-order valence-corrected chi connectivity index (χ1v) is 5.97. The zero-order chi connectivity index (χ0) is 13.1. The number of rotatable bonds is 3. The van der Waals surface area contributed by atoms with E-state index in [4.69, 9.17) is 29.6 Å². The first-order valence-electron chi connectivity index (χ1n) is 5.18. The molecule has 0 aliphatic rings. The maximum Gasteiger partial charge on any atom is 0.123 e. The van der Waals surface area contributed by atoms with E-state index in [9.17, 15) is 4.39 Å². The van der Waals surface area contributed by atoms with Crippen LogP contribution in [0.5, 0.6) is 0 Å². The Kier molecular flexibility index (Phi) is 3.79. The third-order valence-electron chi connectivity index (χ3n) is 2.37. The normalized spacial score (nSPS) is 10.1. The number of halogens is 2. The smallest absolute Gasteiger partial charge is 0.123 e. The maximum absolute atomic E-state index is 12.8. The van der Waals surface area contributed by atoms with Crippen LogP contribution in [-0.4, -0.2) is 4.99 Å². The molecular weight excluding hydrogens is 271 g/mol. The maximum atomic E-state index is 12.8. The number of hydrogen-bond donors (Lipinski definition) is 2. The molecule has 0 bridgehead atoms. The Bertz CT molecular complexity index is 584. The molecule has 0 aromatic heterocycles. The van der Waals surface area contributed by atoms with Crippen LogP contribution in [0, 0.1) is 5.82 Å². The van der Waals surface area contributed by atoms with Gasteiger partial charge in [0.25, 0.3) is 0 Å². The minimum absolute atomic E-state index is 0.258. The van der Waals surface area contributed by atoms with E-state index >= 15 is 0 Å². The van der Waals surface area contributed by atoms with Crippen LogP contribution in [0.4, 0.5) is 15.8 Å². The lowest BCUT2D eigenvalue weighted by atomic mass is 10.2. The second-order valence-corrected chi connectivity index (χ2v) is 4.54. The van der Waals surface area contributed by atoms with E-state index in [1.165, 1.54) is 12.1 Å². The van der Waals surface area contributed by atoms with Gasteiger partial charge in [0.05, 0.1) is 5.02 Å². The zero-order valence-corrected chi connectivity index (χ0v) is 10.9. The van der Waals surface area contributed by atoms with Gasteiger partial charge in [0, 0.05) is 16.9 Å². The molecule has 2 aromatic carbocycles. The summed E-state index contributed by atoms with van der Waals surface area (Å²) in [6, 6.07) is 11.3. The average molecular weight is 281 g/mol. The molecule has 0 radical (unpaired) electrons. The molecule has 0 amide bonds. The Morgan fingerprint density at radius 3 is 2.28 bits per heavy atom. The van der Waals surface area contributed by atoms with Crippen molar-refractivity contribution in [2.24, 2.45) is 5.73 Å². The van der Waals surface area contributed by atoms with Gasteiger partial charge in [-0.3, -0.25) is 0 Å². The Balaban J connectivity index is 2.22. The summed E-state index contributed by atoms with van der Waals surface area (Å²) in [7, 11) is 0. The fourth-order valence-electron chi connectivity index (χ4n) is 1.49.